The first-order chi connectivity index (χ1) is 9.27. The predicted molar refractivity (Wildman–Crippen MR) is 77.8 cm³/mol. The molecule has 1 amide bonds. The Morgan fingerprint density at radius 1 is 1.35 bits per heavy atom. The highest BCUT2D eigenvalue weighted by atomic mass is 16.2. The van der Waals surface area contributed by atoms with Gasteiger partial charge in [0.05, 0.1) is 0 Å². The van der Waals surface area contributed by atoms with E-state index < -0.39 is 17.3 Å². The van der Waals surface area contributed by atoms with Gasteiger partial charge in [-0.05, 0) is 27.7 Å². The second-order valence-electron chi connectivity index (χ2n) is 4.79. The van der Waals surface area contributed by atoms with Gasteiger partial charge in [0.2, 0.25) is 5.91 Å². The fourth-order valence-corrected chi connectivity index (χ4v) is 1.73. The summed E-state index contributed by atoms with van der Waals surface area (Å²) in [4.78, 5) is 37.3. The quantitative estimate of drug-likeness (QED) is 0.578. The van der Waals surface area contributed by atoms with Crippen LogP contribution in [0.4, 0.5) is 11.5 Å². The molecular weight excluding hydrogens is 262 g/mol. The first-order valence-electron chi connectivity index (χ1n) is 6.47. The van der Waals surface area contributed by atoms with Crippen LogP contribution in [0, 0.1) is 0 Å². The number of rotatable bonds is 5. The molecule has 1 aromatic rings. The molecule has 0 aromatic carbocycles. The molecule has 1 rings (SSSR count). The Hall–Kier alpha value is -2.25. The standard InChI is InChI=1S/C12H21N5O3/c1-5-17-9(13)8(11(19)16-12(17)20)15-7(4)10(18)14-6(2)3/h6-7,15H,5,13H2,1-4H3,(H,14,18)(H,16,19,20). The third-order valence-electron chi connectivity index (χ3n) is 2.74. The number of carbonyl (C=O) groups excluding carboxylic acids is 1. The van der Waals surface area contributed by atoms with Gasteiger partial charge in [-0.15, -0.1) is 0 Å². The zero-order chi connectivity index (χ0) is 15.4. The predicted octanol–water partition coefficient (Wildman–Crippen LogP) is -0.536. The molecule has 8 heteroatoms. The summed E-state index contributed by atoms with van der Waals surface area (Å²) in [5.41, 5.74) is 4.61. The number of amides is 1. The number of hydrogen-bond acceptors (Lipinski definition) is 5. The summed E-state index contributed by atoms with van der Waals surface area (Å²) in [6, 6.07) is -0.657. The molecular formula is C12H21N5O3. The molecule has 0 fully saturated rings. The summed E-state index contributed by atoms with van der Waals surface area (Å²) in [6.45, 7) is 7.33. The van der Waals surface area contributed by atoms with E-state index in [2.05, 4.69) is 15.6 Å². The van der Waals surface area contributed by atoms with E-state index in [1.165, 1.54) is 4.57 Å². The molecule has 1 heterocycles. The second-order valence-corrected chi connectivity index (χ2v) is 4.79. The van der Waals surface area contributed by atoms with Gasteiger partial charge in [-0.25, -0.2) is 4.79 Å². The van der Waals surface area contributed by atoms with Crippen LogP contribution in [0.15, 0.2) is 9.59 Å². The molecule has 1 unspecified atom stereocenters. The molecule has 112 valence electrons. The third kappa shape index (κ3) is 3.40. The van der Waals surface area contributed by atoms with Gasteiger partial charge in [0.25, 0.3) is 5.56 Å². The van der Waals surface area contributed by atoms with Gasteiger partial charge in [0.15, 0.2) is 0 Å². The molecule has 20 heavy (non-hydrogen) atoms. The number of nitrogen functional groups attached to an aromatic ring is 1. The number of nitrogens with one attached hydrogen (secondary N) is 3. The van der Waals surface area contributed by atoms with Crippen LogP contribution in [0.3, 0.4) is 0 Å². The average molecular weight is 283 g/mol. The van der Waals surface area contributed by atoms with Crippen molar-refractivity contribution in [3.8, 4) is 0 Å². The van der Waals surface area contributed by atoms with E-state index in [-0.39, 0.29) is 23.5 Å². The zero-order valence-corrected chi connectivity index (χ0v) is 12.1. The van der Waals surface area contributed by atoms with Gasteiger partial charge in [0, 0.05) is 12.6 Å². The van der Waals surface area contributed by atoms with Crippen LogP contribution in [0.25, 0.3) is 0 Å². The number of hydrogen-bond donors (Lipinski definition) is 4. The number of anilines is 2. The van der Waals surface area contributed by atoms with Crippen LogP contribution in [0.1, 0.15) is 27.7 Å². The monoisotopic (exact) mass is 283 g/mol. The highest BCUT2D eigenvalue weighted by Crippen LogP contribution is 2.11. The SMILES string of the molecule is CCn1c(N)c(NC(C)C(=O)NC(C)C)c(=O)[nH]c1=O. The molecule has 1 atom stereocenters. The number of carbonyl (C=O) groups is 1. The van der Waals surface area contributed by atoms with Gasteiger partial charge in [-0.3, -0.25) is 19.1 Å². The minimum Gasteiger partial charge on any atom is -0.383 e. The van der Waals surface area contributed by atoms with E-state index in [1.807, 2.05) is 13.8 Å². The first kappa shape index (κ1) is 15.8. The van der Waals surface area contributed by atoms with Crippen LogP contribution in [-0.4, -0.2) is 27.5 Å². The highest BCUT2D eigenvalue weighted by Gasteiger charge is 2.18. The van der Waals surface area contributed by atoms with Crippen molar-refractivity contribution in [3.63, 3.8) is 0 Å². The fraction of sp³-hybridized carbons (Fsp3) is 0.583. The largest absolute Gasteiger partial charge is 0.383 e. The van der Waals surface area contributed by atoms with E-state index >= 15 is 0 Å². The van der Waals surface area contributed by atoms with Crippen molar-refractivity contribution >= 4 is 17.4 Å². The maximum absolute atomic E-state index is 11.8. The smallest absolute Gasteiger partial charge is 0.330 e. The molecule has 0 spiro atoms. The van der Waals surface area contributed by atoms with Crippen LogP contribution >= 0.6 is 0 Å². The van der Waals surface area contributed by atoms with Gasteiger partial charge in [0.1, 0.15) is 17.5 Å². The average Bonchev–Trinajstić information content (AvgIpc) is 2.33. The Balaban J connectivity index is 3.07. The van der Waals surface area contributed by atoms with E-state index in [0.29, 0.717) is 6.54 Å². The summed E-state index contributed by atoms with van der Waals surface area (Å²) >= 11 is 0. The van der Waals surface area contributed by atoms with Gasteiger partial charge in [-0.2, -0.15) is 0 Å². The molecule has 0 bridgehead atoms. The number of nitrogens with zero attached hydrogens (tertiary/aromatic N) is 1. The Morgan fingerprint density at radius 2 is 1.95 bits per heavy atom. The topological polar surface area (TPSA) is 122 Å². The number of aromatic amines is 1. The molecule has 5 N–H and O–H groups in total. The number of nitrogens with two attached hydrogens (primary N) is 1. The Kier molecular flexibility index (Phi) is 4.95. The highest BCUT2D eigenvalue weighted by molar-refractivity contribution is 5.85. The van der Waals surface area contributed by atoms with Crippen molar-refractivity contribution in [1.82, 2.24) is 14.9 Å². The molecule has 0 saturated carbocycles. The van der Waals surface area contributed by atoms with Crippen LogP contribution in [0.2, 0.25) is 0 Å². The molecule has 8 nitrogen and oxygen atoms in total. The molecule has 0 aliphatic rings. The first-order valence-corrected chi connectivity index (χ1v) is 6.47. The summed E-state index contributed by atoms with van der Waals surface area (Å²) in [7, 11) is 0. The molecule has 0 aliphatic carbocycles. The van der Waals surface area contributed by atoms with Gasteiger partial charge >= 0.3 is 5.69 Å². The molecule has 1 aromatic heterocycles. The number of aromatic nitrogens is 2. The van der Waals surface area contributed by atoms with Crippen molar-refractivity contribution in [2.24, 2.45) is 0 Å². The normalized spacial score (nSPS) is 12.2. The lowest BCUT2D eigenvalue weighted by Gasteiger charge is -2.18. The van der Waals surface area contributed by atoms with Gasteiger partial charge < -0.3 is 16.4 Å². The lowest BCUT2D eigenvalue weighted by molar-refractivity contribution is -0.122. The van der Waals surface area contributed by atoms with Crippen molar-refractivity contribution in [2.45, 2.75) is 46.3 Å². The third-order valence-corrected chi connectivity index (χ3v) is 2.74. The lowest BCUT2D eigenvalue weighted by Crippen LogP contribution is -2.43. The van der Waals surface area contributed by atoms with Crippen LogP contribution < -0.4 is 27.6 Å². The Bertz CT molecular complexity index is 602. The minimum absolute atomic E-state index is 0.00743. The maximum Gasteiger partial charge on any atom is 0.330 e. The summed E-state index contributed by atoms with van der Waals surface area (Å²) in [5.74, 6) is -0.238. The summed E-state index contributed by atoms with van der Waals surface area (Å²) in [5, 5.41) is 5.46. The van der Waals surface area contributed by atoms with Crippen LogP contribution in [-0.2, 0) is 11.3 Å². The van der Waals surface area contributed by atoms with E-state index in [9.17, 15) is 14.4 Å². The Morgan fingerprint density at radius 3 is 2.45 bits per heavy atom. The zero-order valence-electron chi connectivity index (χ0n) is 12.1. The summed E-state index contributed by atoms with van der Waals surface area (Å²) in [6.07, 6.45) is 0. The molecule has 0 radical (unpaired) electrons. The van der Waals surface area contributed by atoms with E-state index in [1.54, 1.807) is 13.8 Å². The van der Waals surface area contributed by atoms with Crippen molar-refractivity contribution in [1.29, 1.82) is 0 Å². The van der Waals surface area contributed by atoms with Gasteiger partial charge in [-0.1, -0.05) is 0 Å². The lowest BCUT2D eigenvalue weighted by atomic mass is 10.2. The molecule has 0 saturated heterocycles. The summed E-state index contributed by atoms with van der Waals surface area (Å²) < 4.78 is 1.22. The molecule has 0 aliphatic heterocycles. The number of H-pyrrole nitrogens is 1. The second kappa shape index (κ2) is 6.27. The van der Waals surface area contributed by atoms with Crippen molar-refractivity contribution in [2.75, 3.05) is 11.1 Å². The Labute approximate surface area is 116 Å². The van der Waals surface area contributed by atoms with E-state index in [4.69, 9.17) is 5.73 Å². The van der Waals surface area contributed by atoms with Crippen molar-refractivity contribution < 1.29 is 4.79 Å². The van der Waals surface area contributed by atoms with Crippen LogP contribution in [0.5, 0.6) is 0 Å². The fourth-order valence-electron chi connectivity index (χ4n) is 1.73. The minimum atomic E-state index is -0.649. The van der Waals surface area contributed by atoms with E-state index in [0.717, 1.165) is 0 Å². The maximum atomic E-state index is 11.8. The van der Waals surface area contributed by atoms with Crippen molar-refractivity contribution in [3.05, 3.63) is 20.8 Å².